The molecule has 0 saturated heterocycles. The Morgan fingerprint density at radius 1 is 0.286 bits per heavy atom. The van der Waals surface area contributed by atoms with Crippen LogP contribution in [0.25, 0.3) is 21.5 Å². The van der Waals surface area contributed by atoms with E-state index in [4.69, 9.17) is 0 Å². The third kappa shape index (κ3) is 3.68. The van der Waals surface area contributed by atoms with Gasteiger partial charge in [0.1, 0.15) is 0 Å². The van der Waals surface area contributed by atoms with Crippen molar-refractivity contribution >= 4 is 21.5 Å². The van der Waals surface area contributed by atoms with Crippen LogP contribution in [0.1, 0.15) is 0 Å². The number of benzene rings is 4. The quantitative estimate of drug-likeness (QED) is 0.429. The van der Waals surface area contributed by atoms with Gasteiger partial charge in [-0.05, 0) is 21.5 Å². The highest BCUT2D eigenvalue weighted by Gasteiger charge is 1.86. The van der Waals surface area contributed by atoms with E-state index >= 15 is 0 Å². The molecule has 0 aliphatic carbocycles. The second kappa shape index (κ2) is 7.22. The topological polar surface area (TPSA) is 35.0 Å². The molecule has 0 aliphatic heterocycles. The first-order chi connectivity index (χ1) is 9.93. The van der Waals surface area contributed by atoms with Crippen LogP contribution in [0.4, 0.5) is 0 Å². The molecular formula is C20H19N. The van der Waals surface area contributed by atoms with Crippen molar-refractivity contribution in [3.05, 3.63) is 97.1 Å². The van der Waals surface area contributed by atoms with Gasteiger partial charge in [0.2, 0.25) is 0 Å². The average molecular weight is 273 g/mol. The molecule has 4 rings (SSSR count). The third-order valence-corrected chi connectivity index (χ3v) is 3.32. The van der Waals surface area contributed by atoms with Gasteiger partial charge in [0, 0.05) is 0 Å². The molecule has 0 bridgehead atoms. The van der Waals surface area contributed by atoms with Crippen molar-refractivity contribution in [1.82, 2.24) is 6.15 Å². The van der Waals surface area contributed by atoms with Crippen molar-refractivity contribution in [1.29, 1.82) is 0 Å². The van der Waals surface area contributed by atoms with Crippen molar-refractivity contribution < 1.29 is 0 Å². The van der Waals surface area contributed by atoms with E-state index in [1.807, 2.05) is 0 Å². The second-order valence-electron chi connectivity index (χ2n) is 4.69. The number of fused-ring (bicyclic) bond motifs is 2. The molecule has 0 amide bonds. The molecule has 0 heterocycles. The van der Waals surface area contributed by atoms with Crippen LogP contribution in [0.5, 0.6) is 0 Å². The van der Waals surface area contributed by atoms with Crippen LogP contribution in [-0.4, -0.2) is 0 Å². The van der Waals surface area contributed by atoms with E-state index in [9.17, 15) is 0 Å². The largest absolute Gasteiger partial charge is 0.344 e. The number of hydrogen-bond donors (Lipinski definition) is 1. The Labute approximate surface area is 125 Å². The van der Waals surface area contributed by atoms with Gasteiger partial charge in [-0.25, -0.2) is 0 Å². The standard InChI is InChI=1S/2C10H8.H3N/c2*1-2-6-10-8-4-3-7-9(10)5-1;/h2*1-8H;1H3. The van der Waals surface area contributed by atoms with Crippen molar-refractivity contribution in [3.8, 4) is 0 Å². The molecular weight excluding hydrogens is 254 g/mol. The maximum absolute atomic E-state index is 2.12. The van der Waals surface area contributed by atoms with Gasteiger partial charge < -0.3 is 6.15 Å². The normalized spacial score (nSPS) is 9.52. The van der Waals surface area contributed by atoms with E-state index in [1.165, 1.54) is 21.5 Å². The highest BCUT2D eigenvalue weighted by molar-refractivity contribution is 5.82. The Kier molecular flexibility index (Phi) is 5.08. The highest BCUT2D eigenvalue weighted by Crippen LogP contribution is 2.11. The molecule has 4 aromatic carbocycles. The van der Waals surface area contributed by atoms with E-state index in [0.29, 0.717) is 0 Å². The summed E-state index contributed by atoms with van der Waals surface area (Å²) < 4.78 is 0. The van der Waals surface area contributed by atoms with Crippen LogP contribution >= 0.6 is 0 Å². The molecule has 1 heteroatoms. The predicted octanol–water partition coefficient (Wildman–Crippen LogP) is 5.84. The van der Waals surface area contributed by atoms with Gasteiger partial charge in [-0.1, -0.05) is 97.1 Å². The summed E-state index contributed by atoms with van der Waals surface area (Å²) in [6, 6.07) is 33.4. The Hall–Kier alpha value is -2.64. The van der Waals surface area contributed by atoms with Gasteiger partial charge in [-0.3, -0.25) is 0 Å². The van der Waals surface area contributed by atoms with Crippen molar-refractivity contribution in [3.63, 3.8) is 0 Å². The van der Waals surface area contributed by atoms with Crippen LogP contribution < -0.4 is 6.15 Å². The number of hydrogen-bond acceptors (Lipinski definition) is 1. The first-order valence-electron chi connectivity index (χ1n) is 6.81. The SMILES string of the molecule is N.c1ccc2ccccc2c1.c1ccc2ccccc2c1. The fraction of sp³-hybridized carbons (Fsp3) is 0. The molecule has 0 saturated carbocycles. The predicted molar refractivity (Wildman–Crippen MR) is 92.9 cm³/mol. The molecule has 3 N–H and O–H groups in total. The van der Waals surface area contributed by atoms with Crippen molar-refractivity contribution in [2.45, 2.75) is 0 Å². The molecule has 0 aromatic heterocycles. The Balaban J connectivity index is 0.000000147. The van der Waals surface area contributed by atoms with E-state index in [1.54, 1.807) is 0 Å². The maximum Gasteiger partial charge on any atom is -0.0184 e. The minimum absolute atomic E-state index is 0. The van der Waals surface area contributed by atoms with E-state index in [-0.39, 0.29) is 6.15 Å². The zero-order chi connectivity index (χ0) is 13.6. The molecule has 1 nitrogen and oxygen atoms in total. The molecule has 0 aliphatic rings. The fourth-order valence-electron chi connectivity index (χ4n) is 2.27. The zero-order valence-electron chi connectivity index (χ0n) is 11.9. The van der Waals surface area contributed by atoms with E-state index < -0.39 is 0 Å². The van der Waals surface area contributed by atoms with Crippen LogP contribution in [0.15, 0.2) is 97.1 Å². The van der Waals surface area contributed by atoms with Gasteiger partial charge in [0.15, 0.2) is 0 Å². The summed E-state index contributed by atoms with van der Waals surface area (Å²) in [7, 11) is 0. The summed E-state index contributed by atoms with van der Waals surface area (Å²) in [6.45, 7) is 0. The van der Waals surface area contributed by atoms with Gasteiger partial charge >= 0.3 is 0 Å². The lowest BCUT2D eigenvalue weighted by Gasteiger charge is -1.92. The second-order valence-corrected chi connectivity index (χ2v) is 4.69. The highest BCUT2D eigenvalue weighted by atomic mass is 14.0. The molecule has 0 spiro atoms. The molecule has 21 heavy (non-hydrogen) atoms. The van der Waals surface area contributed by atoms with Gasteiger partial charge in [0.05, 0.1) is 0 Å². The van der Waals surface area contributed by atoms with Gasteiger partial charge in [0.25, 0.3) is 0 Å². The third-order valence-electron chi connectivity index (χ3n) is 3.32. The smallest absolute Gasteiger partial charge is 0.0184 e. The lowest BCUT2D eigenvalue weighted by Crippen LogP contribution is -1.67. The fourth-order valence-corrected chi connectivity index (χ4v) is 2.27. The Morgan fingerprint density at radius 2 is 0.429 bits per heavy atom. The molecule has 4 aromatic rings. The average Bonchev–Trinajstić information content (AvgIpc) is 2.56. The van der Waals surface area contributed by atoms with E-state index in [0.717, 1.165) is 0 Å². The Bertz CT molecular complexity index is 619. The first kappa shape index (κ1) is 14.8. The summed E-state index contributed by atoms with van der Waals surface area (Å²) in [5.74, 6) is 0. The minimum atomic E-state index is 0. The minimum Gasteiger partial charge on any atom is -0.344 e. The van der Waals surface area contributed by atoms with E-state index in [2.05, 4.69) is 97.1 Å². The van der Waals surface area contributed by atoms with Crippen LogP contribution in [0.3, 0.4) is 0 Å². The zero-order valence-corrected chi connectivity index (χ0v) is 11.9. The first-order valence-corrected chi connectivity index (χ1v) is 6.81. The van der Waals surface area contributed by atoms with Gasteiger partial charge in [-0.2, -0.15) is 0 Å². The van der Waals surface area contributed by atoms with Crippen LogP contribution in [0.2, 0.25) is 0 Å². The lowest BCUT2D eigenvalue weighted by atomic mass is 10.1. The molecule has 104 valence electrons. The lowest BCUT2D eigenvalue weighted by molar-refractivity contribution is 1.75. The monoisotopic (exact) mass is 273 g/mol. The number of rotatable bonds is 0. The molecule has 0 fully saturated rings. The maximum atomic E-state index is 2.12. The molecule has 0 atom stereocenters. The summed E-state index contributed by atoms with van der Waals surface area (Å²) in [5, 5.41) is 5.24. The van der Waals surface area contributed by atoms with Crippen molar-refractivity contribution in [2.75, 3.05) is 0 Å². The summed E-state index contributed by atoms with van der Waals surface area (Å²) in [5.41, 5.74) is 0. The Morgan fingerprint density at radius 3 is 0.571 bits per heavy atom. The van der Waals surface area contributed by atoms with Crippen LogP contribution in [-0.2, 0) is 0 Å². The van der Waals surface area contributed by atoms with Crippen LogP contribution in [0, 0.1) is 0 Å². The van der Waals surface area contributed by atoms with Crippen molar-refractivity contribution in [2.24, 2.45) is 0 Å². The summed E-state index contributed by atoms with van der Waals surface area (Å²) in [6.07, 6.45) is 0. The van der Waals surface area contributed by atoms with Gasteiger partial charge in [-0.15, -0.1) is 0 Å². The summed E-state index contributed by atoms with van der Waals surface area (Å²) >= 11 is 0. The molecule has 0 radical (unpaired) electrons. The molecule has 0 unspecified atom stereocenters. The summed E-state index contributed by atoms with van der Waals surface area (Å²) in [4.78, 5) is 0.